The highest BCUT2D eigenvalue weighted by Crippen LogP contribution is 2.17. The molecule has 1 heterocycles. The van der Waals surface area contributed by atoms with Crippen LogP contribution in [-0.2, 0) is 6.54 Å². The summed E-state index contributed by atoms with van der Waals surface area (Å²) in [5, 5.41) is 9.65. The lowest BCUT2D eigenvalue weighted by Gasteiger charge is -2.23. The normalized spacial score (nSPS) is 11.8. The predicted octanol–water partition coefficient (Wildman–Crippen LogP) is 2.29. The van der Waals surface area contributed by atoms with E-state index in [0.717, 1.165) is 16.8 Å². The Balaban J connectivity index is 0.00000324. The van der Waals surface area contributed by atoms with Crippen molar-refractivity contribution in [3.8, 4) is 0 Å². The number of nitrogens with zero attached hydrogens (tertiary/aromatic N) is 3. The number of thiazole rings is 1. The molecule has 0 saturated carbocycles. The molecule has 7 heteroatoms. The molecule has 0 amide bonds. The zero-order chi connectivity index (χ0) is 13.8. The Hall–Kier alpha value is -0.570. The van der Waals surface area contributed by atoms with Gasteiger partial charge in [-0.3, -0.25) is 4.99 Å². The molecule has 0 fully saturated rings. The van der Waals surface area contributed by atoms with Gasteiger partial charge in [-0.25, -0.2) is 4.98 Å². The summed E-state index contributed by atoms with van der Waals surface area (Å²) in [6.07, 6.45) is 0. The van der Waals surface area contributed by atoms with Crippen molar-refractivity contribution in [1.29, 1.82) is 0 Å². The number of aliphatic imine (C=N–C) groups is 1. The third-order valence-electron chi connectivity index (χ3n) is 2.08. The van der Waals surface area contributed by atoms with Crippen molar-refractivity contribution in [2.45, 2.75) is 32.9 Å². The number of guanidine groups is 1. The van der Waals surface area contributed by atoms with Crippen LogP contribution in [0.5, 0.6) is 0 Å². The molecule has 19 heavy (non-hydrogen) atoms. The molecule has 0 radical (unpaired) electrons. The van der Waals surface area contributed by atoms with Crippen LogP contribution >= 0.6 is 35.3 Å². The van der Waals surface area contributed by atoms with Crippen LogP contribution in [0.15, 0.2) is 10.4 Å². The van der Waals surface area contributed by atoms with Crippen LogP contribution < -0.4 is 15.5 Å². The molecule has 0 unspecified atom stereocenters. The fourth-order valence-electron chi connectivity index (χ4n) is 1.29. The molecular formula is C12H24IN5S. The van der Waals surface area contributed by atoms with Gasteiger partial charge in [0.2, 0.25) is 0 Å². The van der Waals surface area contributed by atoms with Gasteiger partial charge in [0.25, 0.3) is 0 Å². The average molecular weight is 397 g/mol. The Morgan fingerprint density at radius 2 is 2.05 bits per heavy atom. The monoisotopic (exact) mass is 397 g/mol. The summed E-state index contributed by atoms with van der Waals surface area (Å²) in [4.78, 5) is 10.7. The van der Waals surface area contributed by atoms with Crippen molar-refractivity contribution >= 4 is 46.4 Å². The lowest BCUT2D eigenvalue weighted by Crippen LogP contribution is -2.47. The SMILES string of the molecule is CN=C(NCc1csc(N(C)C)n1)NC(C)(C)C.I. The Bertz CT molecular complexity index is 408. The van der Waals surface area contributed by atoms with E-state index >= 15 is 0 Å². The van der Waals surface area contributed by atoms with Gasteiger partial charge in [0.1, 0.15) is 0 Å². The molecule has 0 spiro atoms. The quantitative estimate of drug-likeness (QED) is 0.467. The minimum atomic E-state index is -0.00128. The van der Waals surface area contributed by atoms with Crippen LogP contribution in [0.3, 0.4) is 0 Å². The molecule has 1 aromatic heterocycles. The van der Waals surface area contributed by atoms with E-state index in [2.05, 4.69) is 46.8 Å². The summed E-state index contributed by atoms with van der Waals surface area (Å²) in [6, 6.07) is 0. The van der Waals surface area contributed by atoms with Gasteiger partial charge in [0.15, 0.2) is 11.1 Å². The number of nitrogens with one attached hydrogen (secondary N) is 2. The van der Waals surface area contributed by atoms with E-state index < -0.39 is 0 Å². The molecule has 0 saturated heterocycles. The first-order valence-electron chi connectivity index (χ1n) is 5.92. The van der Waals surface area contributed by atoms with Gasteiger partial charge in [-0.2, -0.15) is 0 Å². The highest BCUT2D eigenvalue weighted by Gasteiger charge is 2.12. The first-order chi connectivity index (χ1) is 8.31. The molecule has 1 aromatic rings. The summed E-state index contributed by atoms with van der Waals surface area (Å²) in [5.74, 6) is 0.793. The second-order valence-corrected chi connectivity index (χ2v) is 6.15. The maximum Gasteiger partial charge on any atom is 0.191 e. The fourth-order valence-corrected chi connectivity index (χ4v) is 2.05. The molecule has 0 aliphatic rings. The van der Waals surface area contributed by atoms with Gasteiger partial charge in [-0.05, 0) is 20.8 Å². The molecule has 0 aromatic carbocycles. The Morgan fingerprint density at radius 3 is 2.47 bits per heavy atom. The Labute approximate surface area is 136 Å². The lowest BCUT2D eigenvalue weighted by molar-refractivity contribution is 0.501. The second-order valence-electron chi connectivity index (χ2n) is 5.32. The highest BCUT2D eigenvalue weighted by molar-refractivity contribution is 14.0. The van der Waals surface area contributed by atoms with Crippen molar-refractivity contribution in [1.82, 2.24) is 15.6 Å². The third kappa shape index (κ3) is 6.95. The van der Waals surface area contributed by atoms with Crippen LogP contribution in [0.4, 0.5) is 5.13 Å². The number of rotatable bonds is 3. The van der Waals surface area contributed by atoms with E-state index in [9.17, 15) is 0 Å². The number of hydrogen-bond donors (Lipinski definition) is 2. The van der Waals surface area contributed by atoms with Crippen LogP contribution in [0.2, 0.25) is 0 Å². The average Bonchev–Trinajstić information content (AvgIpc) is 2.71. The van der Waals surface area contributed by atoms with Gasteiger partial charge in [0.05, 0.1) is 12.2 Å². The van der Waals surface area contributed by atoms with Crippen LogP contribution in [0, 0.1) is 0 Å². The van der Waals surface area contributed by atoms with Gasteiger partial charge in [-0.1, -0.05) is 0 Å². The first-order valence-corrected chi connectivity index (χ1v) is 6.80. The number of hydrogen-bond acceptors (Lipinski definition) is 4. The molecule has 5 nitrogen and oxygen atoms in total. The van der Waals surface area contributed by atoms with Crippen LogP contribution in [0.1, 0.15) is 26.5 Å². The number of anilines is 1. The summed E-state index contributed by atoms with van der Waals surface area (Å²) in [6.45, 7) is 6.99. The predicted molar refractivity (Wildman–Crippen MR) is 94.9 cm³/mol. The third-order valence-corrected chi connectivity index (χ3v) is 3.13. The van der Waals surface area contributed by atoms with E-state index in [1.165, 1.54) is 0 Å². The molecule has 2 N–H and O–H groups in total. The first kappa shape index (κ1) is 18.4. The van der Waals surface area contributed by atoms with E-state index in [1.54, 1.807) is 18.4 Å². The molecule has 0 atom stereocenters. The Morgan fingerprint density at radius 1 is 1.42 bits per heavy atom. The van der Waals surface area contributed by atoms with E-state index in [-0.39, 0.29) is 29.5 Å². The molecule has 0 aliphatic heterocycles. The largest absolute Gasteiger partial charge is 0.354 e. The van der Waals surface area contributed by atoms with Crippen molar-refractivity contribution in [2.75, 3.05) is 26.0 Å². The molecule has 0 bridgehead atoms. The Kier molecular flexibility index (Phi) is 7.65. The van der Waals surface area contributed by atoms with Gasteiger partial charge < -0.3 is 15.5 Å². The van der Waals surface area contributed by atoms with Gasteiger partial charge in [-0.15, -0.1) is 35.3 Å². The van der Waals surface area contributed by atoms with Gasteiger partial charge in [0, 0.05) is 32.1 Å². The van der Waals surface area contributed by atoms with Crippen LogP contribution in [-0.4, -0.2) is 37.6 Å². The van der Waals surface area contributed by atoms with Crippen molar-refractivity contribution in [3.05, 3.63) is 11.1 Å². The number of halogens is 1. The zero-order valence-corrected chi connectivity index (χ0v) is 15.6. The van der Waals surface area contributed by atoms with Crippen molar-refractivity contribution < 1.29 is 0 Å². The van der Waals surface area contributed by atoms with Crippen molar-refractivity contribution in [3.63, 3.8) is 0 Å². The van der Waals surface area contributed by atoms with E-state index in [0.29, 0.717) is 6.54 Å². The minimum absolute atomic E-state index is 0. The maximum absolute atomic E-state index is 4.51. The highest BCUT2D eigenvalue weighted by atomic mass is 127. The van der Waals surface area contributed by atoms with E-state index in [1.807, 2.05) is 19.0 Å². The fraction of sp³-hybridized carbons (Fsp3) is 0.667. The summed E-state index contributed by atoms with van der Waals surface area (Å²) >= 11 is 1.64. The smallest absolute Gasteiger partial charge is 0.191 e. The summed E-state index contributed by atoms with van der Waals surface area (Å²) in [7, 11) is 5.76. The van der Waals surface area contributed by atoms with Gasteiger partial charge >= 0.3 is 0 Å². The zero-order valence-electron chi connectivity index (χ0n) is 12.4. The molecule has 0 aliphatic carbocycles. The summed E-state index contributed by atoms with van der Waals surface area (Å²) < 4.78 is 0. The minimum Gasteiger partial charge on any atom is -0.354 e. The lowest BCUT2D eigenvalue weighted by atomic mass is 10.1. The van der Waals surface area contributed by atoms with Crippen molar-refractivity contribution in [2.24, 2.45) is 4.99 Å². The van der Waals surface area contributed by atoms with Crippen LogP contribution in [0.25, 0.3) is 0 Å². The van der Waals surface area contributed by atoms with E-state index in [4.69, 9.17) is 0 Å². The summed E-state index contributed by atoms with van der Waals surface area (Å²) in [5.41, 5.74) is 1.03. The number of aromatic nitrogens is 1. The maximum atomic E-state index is 4.51. The molecule has 1 rings (SSSR count). The molecule has 110 valence electrons. The second kappa shape index (κ2) is 7.88. The topological polar surface area (TPSA) is 52.6 Å². The standard InChI is InChI=1S/C12H23N5S.HI/c1-12(2,3)16-10(13-4)14-7-9-8-18-11(15-9)17(5)6;/h8H,7H2,1-6H3,(H2,13,14,16);1H. The molecular weight excluding hydrogens is 373 g/mol.